The molecule has 4 aliphatic rings. The van der Waals surface area contributed by atoms with Crippen molar-refractivity contribution in [1.82, 2.24) is 5.32 Å². The predicted molar refractivity (Wildman–Crippen MR) is 279 cm³/mol. The molecule has 73 heavy (non-hydrogen) atoms. The largest absolute Gasteiger partial charge is 0.456 e. The Hall–Kier alpha value is -5.11. The molecular weight excluding hydrogens is 963 g/mol. The zero-order valence-corrected chi connectivity index (χ0v) is 46.8. The van der Waals surface area contributed by atoms with Crippen molar-refractivity contribution in [3.8, 4) is 0 Å². The maximum absolute atomic E-state index is 16.0. The van der Waals surface area contributed by atoms with Gasteiger partial charge in [0, 0.05) is 36.3 Å². The summed E-state index contributed by atoms with van der Waals surface area (Å²) in [5.74, 6) is -6.19. The minimum absolute atomic E-state index is 0.0759. The number of benzene rings is 3. The maximum Gasteiger partial charge on any atom is 0.338 e. The number of carbonyl (C=O) groups excluding carboxylic acids is 6. The summed E-state index contributed by atoms with van der Waals surface area (Å²) >= 11 is 0. The van der Waals surface area contributed by atoms with E-state index in [9.17, 15) is 19.5 Å². The van der Waals surface area contributed by atoms with Crippen molar-refractivity contribution in [3.63, 3.8) is 0 Å². The molecule has 3 aromatic carbocycles. The van der Waals surface area contributed by atoms with Gasteiger partial charge in [-0.3, -0.25) is 19.2 Å². The molecule has 1 amide bonds. The number of carbonyl (C=O) groups is 6. The number of ether oxygens (including phenoxy) is 4. The van der Waals surface area contributed by atoms with Crippen LogP contribution in [0.4, 0.5) is 0 Å². The van der Waals surface area contributed by atoms with Crippen molar-refractivity contribution in [3.05, 3.63) is 119 Å². The second-order valence-corrected chi connectivity index (χ2v) is 32.3. The molecule has 1 aliphatic heterocycles. The molecule has 3 aliphatic carbocycles. The summed E-state index contributed by atoms with van der Waals surface area (Å²) in [4.78, 5) is 89.6. The molecule has 3 fully saturated rings. The van der Waals surface area contributed by atoms with E-state index >= 15 is 14.4 Å². The molecule has 1 heterocycles. The van der Waals surface area contributed by atoms with E-state index in [0.717, 1.165) is 0 Å². The lowest BCUT2D eigenvalue weighted by Gasteiger charge is -2.67. The number of ketones is 2. The Morgan fingerprint density at radius 3 is 1.89 bits per heavy atom. The minimum atomic E-state index is -2.92. The molecule has 0 radical (unpaired) electrons. The van der Waals surface area contributed by atoms with Gasteiger partial charge >= 0.3 is 17.9 Å². The SMILES string of the molecule is CC[Si](CC)(CC)O[C@H]1CC2OC[C@@]2(OC(C)=O)[C@H]2[C@H](OC(=O)c3ccccc3)[C@]3(O)CC(OC(=O)[C@H](O[Si](C)(C)C(C)(C)C)[C@@H](NC(=O)c4ccccc4)c4ccccc4)C(C)=C(C(=O)C(=O)[C@]12C)C3(C)C. The fourth-order valence-corrected chi connectivity index (χ4v) is 15.9. The molecule has 394 valence electrons. The van der Waals surface area contributed by atoms with Gasteiger partial charge in [-0.2, -0.15) is 0 Å². The molecule has 2 N–H and O–H groups in total. The fraction of sp³-hybridized carbons (Fsp3) is 0.544. The summed E-state index contributed by atoms with van der Waals surface area (Å²) in [5, 5.41) is 16.8. The van der Waals surface area contributed by atoms with Crippen molar-refractivity contribution < 1.29 is 61.7 Å². The zero-order valence-electron chi connectivity index (χ0n) is 44.8. The second kappa shape index (κ2) is 20.5. The third kappa shape index (κ3) is 9.76. The van der Waals surface area contributed by atoms with Crippen LogP contribution < -0.4 is 5.32 Å². The Labute approximate surface area is 432 Å². The molecule has 2 bridgehead atoms. The van der Waals surface area contributed by atoms with Crippen LogP contribution in [0.5, 0.6) is 0 Å². The monoisotopic (exact) mass is 1040 g/mol. The van der Waals surface area contributed by atoms with Gasteiger partial charge in [-0.25, -0.2) is 9.59 Å². The third-order valence-corrected chi connectivity index (χ3v) is 26.6. The predicted octanol–water partition coefficient (Wildman–Crippen LogP) is 9.43. The van der Waals surface area contributed by atoms with Crippen LogP contribution in [0.2, 0.25) is 36.3 Å². The molecule has 1 saturated heterocycles. The number of aliphatic hydroxyl groups is 1. The third-order valence-electron chi connectivity index (χ3n) is 17.5. The Balaban J connectivity index is 1.45. The van der Waals surface area contributed by atoms with E-state index < -0.39 is 128 Å². The van der Waals surface area contributed by atoms with Gasteiger partial charge in [-0.05, 0) is 85.5 Å². The molecular formula is C57H75NO13Si2. The average molecular weight is 1040 g/mol. The quantitative estimate of drug-likeness (QED) is 0.0598. The molecule has 10 atom stereocenters. The van der Waals surface area contributed by atoms with Crippen molar-refractivity contribution in [1.29, 1.82) is 0 Å². The van der Waals surface area contributed by atoms with Crippen LogP contribution in [-0.2, 0) is 47.0 Å². The van der Waals surface area contributed by atoms with Gasteiger partial charge in [-0.15, -0.1) is 0 Å². The van der Waals surface area contributed by atoms with E-state index in [4.69, 9.17) is 27.8 Å². The standard InChI is InChI=1S/C57H75NO13Si2/c1-14-73(15-2,16-3)70-41-32-42-56(34-66-42,69-36(5)59)47-49(68-51(63)39-30-24-19-25-31-39)57(65)33-40(35(4)43(54(57,9)10)45(60)48(61)55(41,47)11)67-52(64)46(71-72(12,13)53(6,7)8)44(37-26-20-17-21-27-37)58-50(62)38-28-22-18-23-29-38/h17-31,40-42,44,46-47,49,65H,14-16,32-34H2,1-13H3,(H,58,62)/t40?,41-,42?,44-,46+,47-,49-,55+,56-,57+/m0/s1. The molecule has 3 aromatic rings. The van der Waals surface area contributed by atoms with Gasteiger partial charge < -0.3 is 38.2 Å². The van der Waals surface area contributed by atoms with Crippen LogP contribution in [0, 0.1) is 16.7 Å². The summed E-state index contributed by atoms with van der Waals surface area (Å²) in [6.07, 6.45) is -6.90. The highest BCUT2D eigenvalue weighted by atomic mass is 28.4. The van der Waals surface area contributed by atoms with E-state index in [-0.39, 0.29) is 29.7 Å². The summed E-state index contributed by atoms with van der Waals surface area (Å²) in [6, 6.07) is 26.7. The molecule has 14 nitrogen and oxygen atoms in total. The summed E-state index contributed by atoms with van der Waals surface area (Å²) in [7, 11) is -5.54. The molecule has 7 rings (SSSR count). The fourth-order valence-electron chi connectivity index (χ4n) is 11.8. The highest BCUT2D eigenvalue weighted by Crippen LogP contribution is 2.64. The number of hydrogen-bond donors (Lipinski definition) is 2. The number of hydrogen-bond acceptors (Lipinski definition) is 13. The van der Waals surface area contributed by atoms with Gasteiger partial charge in [-0.1, -0.05) is 122 Å². The van der Waals surface area contributed by atoms with Crippen LogP contribution in [0.15, 0.2) is 102 Å². The lowest BCUT2D eigenvalue weighted by Crippen LogP contribution is -2.82. The normalized spacial score (nSPS) is 28.7. The van der Waals surface area contributed by atoms with Crippen molar-refractivity contribution in [2.45, 2.75) is 173 Å². The second-order valence-electron chi connectivity index (χ2n) is 22.8. The van der Waals surface area contributed by atoms with E-state index in [1.807, 2.05) is 60.7 Å². The Kier molecular flexibility index (Phi) is 15.7. The van der Waals surface area contributed by atoms with Gasteiger partial charge in [0.05, 0.1) is 35.6 Å². The van der Waals surface area contributed by atoms with E-state index in [1.54, 1.807) is 113 Å². The summed E-state index contributed by atoms with van der Waals surface area (Å²) in [6.45, 7) is 23.6. The van der Waals surface area contributed by atoms with Crippen molar-refractivity contribution in [2.75, 3.05) is 6.61 Å². The van der Waals surface area contributed by atoms with Crippen LogP contribution >= 0.6 is 0 Å². The van der Waals surface area contributed by atoms with E-state index in [0.29, 0.717) is 29.3 Å². The molecule has 2 unspecified atom stereocenters. The minimum Gasteiger partial charge on any atom is -0.456 e. The Morgan fingerprint density at radius 2 is 1.38 bits per heavy atom. The Bertz CT molecular complexity index is 2600. The van der Waals surface area contributed by atoms with Crippen LogP contribution in [0.1, 0.15) is 121 Å². The highest BCUT2D eigenvalue weighted by molar-refractivity contribution is 6.74. The maximum atomic E-state index is 16.0. The number of rotatable bonds is 16. The smallest absolute Gasteiger partial charge is 0.338 e. The molecule has 16 heteroatoms. The van der Waals surface area contributed by atoms with Crippen LogP contribution in [0.25, 0.3) is 0 Å². The first-order chi connectivity index (χ1) is 34.2. The molecule has 0 aromatic heterocycles. The van der Waals surface area contributed by atoms with Crippen LogP contribution in [0.3, 0.4) is 0 Å². The molecule has 0 spiro atoms. The van der Waals surface area contributed by atoms with Gasteiger partial charge in [0.25, 0.3) is 5.91 Å². The summed E-state index contributed by atoms with van der Waals surface area (Å²) in [5.41, 5.74) is -6.49. The average Bonchev–Trinajstić information content (AvgIpc) is 3.35. The number of amides is 1. The van der Waals surface area contributed by atoms with Crippen LogP contribution in [-0.4, -0.2) is 105 Å². The highest BCUT2D eigenvalue weighted by Gasteiger charge is 2.78. The number of nitrogens with one attached hydrogen (secondary N) is 1. The van der Waals surface area contributed by atoms with Crippen molar-refractivity contribution in [2.24, 2.45) is 16.7 Å². The van der Waals surface area contributed by atoms with E-state index in [2.05, 4.69) is 5.32 Å². The number of Topliss-reactive ketones (excluding diaryl/α,β-unsaturated/α-hetero) is 2. The summed E-state index contributed by atoms with van der Waals surface area (Å²) < 4.78 is 40.2. The lowest BCUT2D eigenvalue weighted by molar-refractivity contribution is -0.342. The first-order valence-electron chi connectivity index (χ1n) is 25.8. The van der Waals surface area contributed by atoms with Gasteiger partial charge in [0.2, 0.25) is 11.6 Å². The topological polar surface area (TPSA) is 190 Å². The van der Waals surface area contributed by atoms with Gasteiger partial charge in [0.15, 0.2) is 28.3 Å². The zero-order chi connectivity index (χ0) is 53.7. The number of fused-ring (bicyclic) bond motifs is 5. The first kappa shape index (κ1) is 55.6. The number of esters is 3. The first-order valence-corrected chi connectivity index (χ1v) is 31.2. The van der Waals surface area contributed by atoms with Crippen molar-refractivity contribution >= 4 is 52.0 Å². The van der Waals surface area contributed by atoms with Gasteiger partial charge in [0.1, 0.15) is 23.9 Å². The lowest BCUT2D eigenvalue weighted by atomic mass is 9.45. The molecule has 2 saturated carbocycles. The Morgan fingerprint density at radius 1 is 0.836 bits per heavy atom. The van der Waals surface area contributed by atoms with E-state index in [1.165, 1.54) is 6.92 Å².